The minimum Gasteiger partial charge on any atom is -0.397 e. The molecule has 0 atom stereocenters. The van der Waals surface area contributed by atoms with Crippen LogP contribution in [0.25, 0.3) is 0 Å². The number of nitrogens with two attached hydrogens (primary N) is 1. The highest BCUT2D eigenvalue weighted by Crippen LogP contribution is 2.34. The highest BCUT2D eigenvalue weighted by molar-refractivity contribution is 6.37. The number of benzene rings is 2. The van der Waals surface area contributed by atoms with Gasteiger partial charge in [0.05, 0.1) is 32.7 Å². The van der Waals surface area contributed by atoms with Gasteiger partial charge in [0, 0.05) is 31.2 Å². The van der Waals surface area contributed by atoms with Crippen molar-refractivity contribution in [2.45, 2.75) is 6.92 Å². The predicted octanol–water partition coefficient (Wildman–Crippen LogP) is 4.62. The summed E-state index contributed by atoms with van der Waals surface area (Å²) in [6.45, 7) is 6.86. The van der Waals surface area contributed by atoms with E-state index in [2.05, 4.69) is 22.0 Å². The second-order valence-electron chi connectivity index (χ2n) is 6.39. The number of halogens is 3. The summed E-state index contributed by atoms with van der Waals surface area (Å²) in [5, 5.41) is 3.94. The van der Waals surface area contributed by atoms with E-state index in [-0.39, 0.29) is 11.5 Å². The van der Waals surface area contributed by atoms with Crippen molar-refractivity contribution in [2.75, 3.05) is 48.7 Å². The summed E-state index contributed by atoms with van der Waals surface area (Å²) >= 11 is 18.4. The van der Waals surface area contributed by atoms with Gasteiger partial charge in [-0.25, -0.2) is 0 Å². The monoisotopic (exact) mass is 426 g/mol. The summed E-state index contributed by atoms with van der Waals surface area (Å²) in [6, 6.07) is 8.22. The van der Waals surface area contributed by atoms with Gasteiger partial charge in [-0.05, 0) is 36.9 Å². The maximum absolute atomic E-state index is 12.6. The summed E-state index contributed by atoms with van der Waals surface area (Å²) in [4.78, 5) is 17.2. The molecule has 27 heavy (non-hydrogen) atoms. The second-order valence-corrected chi connectivity index (χ2v) is 7.64. The number of amides is 1. The van der Waals surface area contributed by atoms with Crippen LogP contribution in [0.15, 0.2) is 30.3 Å². The molecule has 8 heteroatoms. The van der Waals surface area contributed by atoms with Crippen LogP contribution in [0.1, 0.15) is 17.3 Å². The van der Waals surface area contributed by atoms with Crippen molar-refractivity contribution in [3.63, 3.8) is 0 Å². The van der Waals surface area contributed by atoms with Gasteiger partial charge in [-0.1, -0.05) is 41.7 Å². The lowest BCUT2D eigenvalue weighted by Gasteiger charge is -2.36. The average Bonchev–Trinajstić information content (AvgIpc) is 2.66. The average molecular weight is 428 g/mol. The number of likely N-dealkylation sites (N-methyl/N-ethyl adjacent to an activating group) is 1. The van der Waals surface area contributed by atoms with Crippen LogP contribution in [0.4, 0.5) is 17.1 Å². The molecule has 0 radical (unpaired) electrons. The third kappa shape index (κ3) is 4.61. The van der Waals surface area contributed by atoms with E-state index >= 15 is 0 Å². The number of anilines is 3. The number of rotatable bonds is 4. The number of nitrogen functional groups attached to an aromatic ring is 1. The van der Waals surface area contributed by atoms with Crippen LogP contribution in [-0.2, 0) is 0 Å². The largest absolute Gasteiger partial charge is 0.397 e. The Morgan fingerprint density at radius 3 is 2.44 bits per heavy atom. The summed E-state index contributed by atoms with van der Waals surface area (Å²) in [6.07, 6.45) is 0. The van der Waals surface area contributed by atoms with Crippen LogP contribution in [0.5, 0.6) is 0 Å². The first kappa shape index (κ1) is 20.1. The lowest BCUT2D eigenvalue weighted by Crippen LogP contribution is -2.46. The second kappa shape index (κ2) is 8.57. The number of nitrogens with one attached hydrogen (secondary N) is 1. The molecule has 0 saturated carbocycles. The van der Waals surface area contributed by atoms with Crippen LogP contribution in [-0.4, -0.2) is 43.5 Å². The number of carbonyl (C=O) groups is 1. The number of hydrogen-bond donors (Lipinski definition) is 2. The first-order valence-electron chi connectivity index (χ1n) is 8.71. The molecular formula is C19H21Cl3N4O. The van der Waals surface area contributed by atoms with E-state index in [4.69, 9.17) is 40.5 Å². The van der Waals surface area contributed by atoms with E-state index in [1.54, 1.807) is 18.2 Å². The molecule has 2 aromatic carbocycles. The number of carbonyl (C=O) groups excluding carboxylic acids is 1. The van der Waals surface area contributed by atoms with Crippen molar-refractivity contribution in [3.8, 4) is 0 Å². The Hall–Kier alpha value is -1.66. The normalized spacial score (nSPS) is 15.0. The zero-order valence-electron chi connectivity index (χ0n) is 14.9. The minimum atomic E-state index is -0.379. The van der Waals surface area contributed by atoms with Gasteiger partial charge in [0.15, 0.2) is 0 Å². The Labute approximate surface area is 174 Å². The van der Waals surface area contributed by atoms with Crippen molar-refractivity contribution >= 4 is 57.8 Å². The van der Waals surface area contributed by atoms with Gasteiger partial charge in [0.1, 0.15) is 0 Å². The van der Waals surface area contributed by atoms with Gasteiger partial charge in [-0.15, -0.1) is 0 Å². The molecule has 3 N–H and O–H groups in total. The van der Waals surface area contributed by atoms with Crippen LogP contribution in [0.3, 0.4) is 0 Å². The molecule has 0 aromatic heterocycles. The first-order chi connectivity index (χ1) is 12.9. The van der Waals surface area contributed by atoms with E-state index in [0.29, 0.717) is 26.4 Å². The summed E-state index contributed by atoms with van der Waals surface area (Å²) in [5.41, 5.74) is 8.41. The lowest BCUT2D eigenvalue weighted by molar-refractivity contribution is 0.102. The van der Waals surface area contributed by atoms with Gasteiger partial charge in [-0.2, -0.15) is 0 Å². The SMILES string of the molecule is CCN1CCN(c2cc(NC(=O)c3cc(Cl)ccc3Cl)c(Cl)cc2N)CC1. The Kier molecular flexibility index (Phi) is 6.37. The molecule has 1 aliphatic heterocycles. The molecule has 0 bridgehead atoms. The summed E-state index contributed by atoms with van der Waals surface area (Å²) in [5.74, 6) is -0.379. The molecule has 3 rings (SSSR count). The molecule has 0 aliphatic carbocycles. The fourth-order valence-corrected chi connectivity index (χ4v) is 3.71. The highest BCUT2D eigenvalue weighted by Gasteiger charge is 2.20. The first-order valence-corrected chi connectivity index (χ1v) is 9.85. The number of piperazine rings is 1. The van der Waals surface area contributed by atoms with E-state index in [1.165, 1.54) is 6.07 Å². The van der Waals surface area contributed by atoms with Gasteiger partial charge in [0.25, 0.3) is 5.91 Å². The standard InChI is InChI=1S/C19H21Cl3N4O/c1-2-25-5-7-26(8-6-25)18-11-17(15(22)10-16(18)23)24-19(27)13-9-12(20)3-4-14(13)21/h3-4,9-11H,2,5-8,23H2,1H3,(H,24,27). The van der Waals surface area contributed by atoms with Crippen LogP contribution in [0, 0.1) is 0 Å². The maximum Gasteiger partial charge on any atom is 0.257 e. The quantitative estimate of drug-likeness (QED) is 0.699. The molecule has 1 saturated heterocycles. The van der Waals surface area contributed by atoms with Crippen molar-refractivity contribution < 1.29 is 4.79 Å². The molecule has 0 unspecified atom stereocenters. The van der Waals surface area contributed by atoms with E-state index in [0.717, 1.165) is 38.4 Å². The van der Waals surface area contributed by atoms with Crippen LogP contribution in [0.2, 0.25) is 15.1 Å². The van der Waals surface area contributed by atoms with Crippen LogP contribution < -0.4 is 16.0 Å². The van der Waals surface area contributed by atoms with E-state index in [9.17, 15) is 4.79 Å². The minimum absolute atomic E-state index is 0.287. The zero-order chi connectivity index (χ0) is 19.6. The van der Waals surface area contributed by atoms with Crippen molar-refractivity contribution in [2.24, 2.45) is 0 Å². The number of hydrogen-bond acceptors (Lipinski definition) is 4. The van der Waals surface area contributed by atoms with E-state index in [1.807, 2.05) is 6.07 Å². The molecule has 1 heterocycles. The Balaban J connectivity index is 1.84. The Morgan fingerprint density at radius 1 is 1.07 bits per heavy atom. The molecule has 5 nitrogen and oxygen atoms in total. The topological polar surface area (TPSA) is 61.6 Å². The zero-order valence-corrected chi connectivity index (χ0v) is 17.2. The summed E-state index contributed by atoms with van der Waals surface area (Å²) < 4.78 is 0. The van der Waals surface area contributed by atoms with Crippen LogP contribution >= 0.6 is 34.8 Å². The summed E-state index contributed by atoms with van der Waals surface area (Å²) in [7, 11) is 0. The molecule has 144 valence electrons. The molecule has 1 fully saturated rings. The Bertz CT molecular complexity index is 851. The third-order valence-electron chi connectivity index (χ3n) is 4.70. The lowest BCUT2D eigenvalue weighted by atomic mass is 10.1. The molecular weight excluding hydrogens is 407 g/mol. The Morgan fingerprint density at radius 2 is 1.78 bits per heavy atom. The fraction of sp³-hybridized carbons (Fsp3) is 0.316. The maximum atomic E-state index is 12.6. The molecule has 1 amide bonds. The smallest absolute Gasteiger partial charge is 0.257 e. The van der Waals surface area contributed by atoms with Crippen molar-refractivity contribution in [1.82, 2.24) is 4.90 Å². The molecule has 2 aromatic rings. The fourth-order valence-electron chi connectivity index (χ4n) is 3.11. The van der Waals surface area contributed by atoms with Gasteiger partial charge in [-0.3, -0.25) is 4.79 Å². The van der Waals surface area contributed by atoms with E-state index < -0.39 is 0 Å². The number of nitrogens with zero attached hydrogens (tertiary/aromatic N) is 2. The molecule has 1 aliphatic rings. The van der Waals surface area contributed by atoms with Crippen molar-refractivity contribution in [3.05, 3.63) is 51.0 Å². The van der Waals surface area contributed by atoms with Crippen molar-refractivity contribution in [1.29, 1.82) is 0 Å². The highest BCUT2D eigenvalue weighted by atomic mass is 35.5. The predicted molar refractivity (Wildman–Crippen MR) is 115 cm³/mol. The third-order valence-corrected chi connectivity index (χ3v) is 5.58. The van der Waals surface area contributed by atoms with Gasteiger partial charge >= 0.3 is 0 Å². The molecule has 0 spiro atoms. The van der Waals surface area contributed by atoms with Gasteiger partial charge < -0.3 is 20.9 Å². The van der Waals surface area contributed by atoms with Gasteiger partial charge in [0.2, 0.25) is 0 Å².